The van der Waals surface area contributed by atoms with Crippen molar-refractivity contribution < 1.29 is 9.90 Å². The molecule has 21 heavy (non-hydrogen) atoms. The number of carbonyl (C=O) groups excluding carboxylic acids is 1. The topological polar surface area (TPSA) is 66.6 Å². The fraction of sp³-hybridized carbons (Fsp3) is 0.562. The lowest BCUT2D eigenvalue weighted by atomic mass is 9.71. The Morgan fingerprint density at radius 2 is 2.19 bits per heavy atom. The number of anilines is 1. The third-order valence-corrected chi connectivity index (χ3v) is 5.33. The van der Waals surface area contributed by atoms with Gasteiger partial charge in [0.2, 0.25) is 0 Å². The molecule has 1 amide bonds. The number of fused-ring (bicyclic) bond motifs is 1. The predicted molar refractivity (Wildman–Crippen MR) is 83.3 cm³/mol. The minimum Gasteiger partial charge on any atom is -0.397 e. The fourth-order valence-corrected chi connectivity index (χ4v) is 3.82. The first-order valence-corrected chi connectivity index (χ1v) is 7.95. The van der Waals surface area contributed by atoms with Crippen molar-refractivity contribution in [2.24, 2.45) is 5.92 Å². The number of rotatable bonds is 1. The van der Waals surface area contributed by atoms with Crippen LogP contribution in [0, 0.1) is 5.92 Å². The largest absolute Gasteiger partial charge is 0.397 e. The Kier molecular flexibility index (Phi) is 3.84. The molecule has 0 bridgehead atoms. The Morgan fingerprint density at radius 1 is 1.38 bits per heavy atom. The third-order valence-electron chi connectivity index (χ3n) is 5.00. The van der Waals surface area contributed by atoms with Crippen LogP contribution in [0.2, 0.25) is 5.02 Å². The number of halogens is 1. The average Bonchev–Trinajstić information content (AvgIpc) is 2.48. The van der Waals surface area contributed by atoms with Crippen LogP contribution >= 0.6 is 11.6 Å². The van der Waals surface area contributed by atoms with Crippen LogP contribution in [0.3, 0.4) is 0 Å². The van der Waals surface area contributed by atoms with Gasteiger partial charge in [0.1, 0.15) is 0 Å². The molecule has 2 unspecified atom stereocenters. The Morgan fingerprint density at radius 3 is 3.00 bits per heavy atom. The molecule has 0 radical (unpaired) electrons. The maximum Gasteiger partial charge on any atom is 0.256 e. The Bertz CT molecular complexity index is 563. The molecule has 2 aliphatic rings. The highest BCUT2D eigenvalue weighted by atomic mass is 35.5. The number of amides is 1. The van der Waals surface area contributed by atoms with Gasteiger partial charge in [0.05, 0.1) is 21.9 Å². The van der Waals surface area contributed by atoms with Crippen LogP contribution in [0.25, 0.3) is 0 Å². The fourth-order valence-electron chi connectivity index (χ4n) is 3.65. The van der Waals surface area contributed by atoms with Crippen molar-refractivity contribution in [3.05, 3.63) is 28.8 Å². The maximum absolute atomic E-state index is 12.7. The van der Waals surface area contributed by atoms with Crippen LogP contribution in [0.1, 0.15) is 42.5 Å². The second-order valence-electron chi connectivity index (χ2n) is 6.25. The van der Waals surface area contributed by atoms with Gasteiger partial charge in [-0.2, -0.15) is 0 Å². The molecule has 1 aromatic carbocycles. The molecule has 1 saturated heterocycles. The second kappa shape index (κ2) is 5.50. The lowest BCUT2D eigenvalue weighted by molar-refractivity contribution is -0.0886. The minimum absolute atomic E-state index is 0.0809. The van der Waals surface area contributed by atoms with E-state index in [0.717, 1.165) is 25.7 Å². The van der Waals surface area contributed by atoms with Crippen LogP contribution in [-0.4, -0.2) is 34.6 Å². The van der Waals surface area contributed by atoms with E-state index in [1.165, 1.54) is 0 Å². The van der Waals surface area contributed by atoms with Crippen LogP contribution in [0.15, 0.2) is 18.2 Å². The van der Waals surface area contributed by atoms with Crippen LogP contribution < -0.4 is 5.73 Å². The number of nitrogens with two attached hydrogens (primary N) is 1. The first-order valence-electron chi connectivity index (χ1n) is 7.57. The first-order chi connectivity index (χ1) is 10.0. The summed E-state index contributed by atoms with van der Waals surface area (Å²) in [6.45, 7) is 1.19. The number of piperidine rings is 1. The van der Waals surface area contributed by atoms with Crippen molar-refractivity contribution in [1.82, 2.24) is 4.90 Å². The highest BCUT2D eigenvalue weighted by Gasteiger charge is 2.43. The zero-order valence-corrected chi connectivity index (χ0v) is 12.8. The van der Waals surface area contributed by atoms with E-state index in [0.29, 0.717) is 35.8 Å². The van der Waals surface area contributed by atoms with Crippen molar-refractivity contribution >= 4 is 23.2 Å². The van der Waals surface area contributed by atoms with Crippen LogP contribution in [0.4, 0.5) is 5.69 Å². The van der Waals surface area contributed by atoms with Gasteiger partial charge in [0, 0.05) is 19.0 Å². The van der Waals surface area contributed by atoms with Gasteiger partial charge in [-0.3, -0.25) is 4.79 Å². The molecule has 2 fully saturated rings. The Balaban J connectivity index is 1.79. The van der Waals surface area contributed by atoms with E-state index in [-0.39, 0.29) is 11.8 Å². The number of hydrogen-bond acceptors (Lipinski definition) is 3. The van der Waals surface area contributed by atoms with E-state index in [1.54, 1.807) is 18.2 Å². The number of aliphatic hydroxyl groups is 1. The number of hydrogen-bond donors (Lipinski definition) is 2. The molecule has 1 aliphatic heterocycles. The van der Waals surface area contributed by atoms with E-state index >= 15 is 0 Å². The summed E-state index contributed by atoms with van der Waals surface area (Å²) in [4.78, 5) is 14.5. The minimum atomic E-state index is -0.574. The molecule has 4 nitrogen and oxygen atoms in total. The first kappa shape index (κ1) is 14.7. The molecule has 1 heterocycles. The van der Waals surface area contributed by atoms with Gasteiger partial charge in [0.15, 0.2) is 0 Å². The van der Waals surface area contributed by atoms with Gasteiger partial charge in [-0.05, 0) is 31.4 Å². The van der Waals surface area contributed by atoms with Gasteiger partial charge >= 0.3 is 0 Å². The summed E-state index contributed by atoms with van der Waals surface area (Å²) in [6.07, 6.45) is 4.73. The lowest BCUT2D eigenvalue weighted by Gasteiger charge is -2.47. The molecule has 114 valence electrons. The number of carbonyl (C=O) groups is 1. The van der Waals surface area contributed by atoms with Gasteiger partial charge < -0.3 is 15.7 Å². The molecule has 1 aromatic rings. The van der Waals surface area contributed by atoms with E-state index < -0.39 is 5.60 Å². The summed E-state index contributed by atoms with van der Waals surface area (Å²) in [5, 5.41) is 11.1. The molecule has 1 aliphatic carbocycles. The molecule has 3 rings (SSSR count). The van der Waals surface area contributed by atoms with E-state index in [2.05, 4.69) is 0 Å². The van der Waals surface area contributed by atoms with Gasteiger partial charge in [-0.25, -0.2) is 0 Å². The summed E-state index contributed by atoms with van der Waals surface area (Å²) in [6, 6.07) is 5.14. The molecule has 2 atom stereocenters. The smallest absolute Gasteiger partial charge is 0.256 e. The highest BCUT2D eigenvalue weighted by Crippen LogP contribution is 2.40. The Hall–Kier alpha value is -1.26. The SMILES string of the molecule is Nc1c(Cl)cccc1C(=O)N1CCC2(O)CCCCC2C1. The van der Waals surface area contributed by atoms with Gasteiger partial charge in [-0.15, -0.1) is 0 Å². The highest BCUT2D eigenvalue weighted by molar-refractivity contribution is 6.33. The van der Waals surface area contributed by atoms with Crippen molar-refractivity contribution in [2.75, 3.05) is 18.8 Å². The molecule has 3 N–H and O–H groups in total. The van der Waals surface area contributed by atoms with Crippen molar-refractivity contribution in [1.29, 1.82) is 0 Å². The molecule has 0 spiro atoms. The van der Waals surface area contributed by atoms with Crippen LogP contribution in [0.5, 0.6) is 0 Å². The normalized spacial score (nSPS) is 29.0. The second-order valence-corrected chi connectivity index (χ2v) is 6.66. The summed E-state index contributed by atoms with van der Waals surface area (Å²) in [7, 11) is 0. The number of benzene rings is 1. The van der Waals surface area contributed by atoms with E-state index in [1.807, 2.05) is 4.90 Å². The molecule has 1 saturated carbocycles. The van der Waals surface area contributed by atoms with Crippen molar-refractivity contribution in [3.63, 3.8) is 0 Å². The monoisotopic (exact) mass is 308 g/mol. The molecular formula is C16H21ClN2O2. The van der Waals surface area contributed by atoms with E-state index in [4.69, 9.17) is 17.3 Å². The summed E-state index contributed by atoms with van der Waals surface area (Å²) >= 11 is 5.99. The quantitative estimate of drug-likeness (QED) is 0.784. The molecule has 0 aromatic heterocycles. The number of nitrogens with zero attached hydrogens (tertiary/aromatic N) is 1. The molecule has 5 heteroatoms. The third kappa shape index (κ3) is 2.62. The van der Waals surface area contributed by atoms with Gasteiger partial charge in [-0.1, -0.05) is 30.5 Å². The van der Waals surface area contributed by atoms with Gasteiger partial charge in [0.25, 0.3) is 5.91 Å². The summed E-state index contributed by atoms with van der Waals surface area (Å²) in [5.74, 6) is 0.104. The zero-order valence-electron chi connectivity index (χ0n) is 12.0. The molecular weight excluding hydrogens is 288 g/mol. The Labute approximate surface area is 129 Å². The number of nitrogen functional groups attached to an aromatic ring is 1. The van der Waals surface area contributed by atoms with Crippen molar-refractivity contribution in [3.8, 4) is 0 Å². The van der Waals surface area contributed by atoms with Crippen molar-refractivity contribution in [2.45, 2.75) is 37.7 Å². The van der Waals surface area contributed by atoms with E-state index in [9.17, 15) is 9.90 Å². The van der Waals surface area contributed by atoms with Crippen LogP contribution in [-0.2, 0) is 0 Å². The lowest BCUT2D eigenvalue weighted by Crippen LogP contribution is -2.54. The average molecular weight is 309 g/mol. The number of likely N-dealkylation sites (tertiary alicyclic amines) is 1. The standard InChI is InChI=1S/C16H21ClN2O2/c17-13-6-3-5-12(14(13)18)15(20)19-9-8-16(21)7-2-1-4-11(16)10-19/h3,5-6,11,21H,1-2,4,7-10,18H2. The summed E-state index contributed by atoms with van der Waals surface area (Å²) < 4.78 is 0. The number of para-hydroxylation sites is 1. The zero-order chi connectivity index (χ0) is 15.0. The maximum atomic E-state index is 12.7. The predicted octanol–water partition coefficient (Wildman–Crippen LogP) is 2.69. The summed E-state index contributed by atoms with van der Waals surface area (Å²) in [5.41, 5.74) is 6.15.